The monoisotopic (exact) mass is 1540 g/mol. The van der Waals surface area contributed by atoms with Gasteiger partial charge in [-0.25, -0.2) is 24.9 Å². The Bertz CT molecular complexity index is 7830. The Hall–Kier alpha value is -16.2. The molecule has 0 fully saturated rings. The van der Waals surface area contributed by atoms with E-state index in [1.165, 1.54) is 54.2 Å². The van der Waals surface area contributed by atoms with E-state index in [-0.39, 0.29) is 0 Å². The third kappa shape index (κ3) is 13.2. The van der Waals surface area contributed by atoms with Gasteiger partial charge >= 0.3 is 0 Å². The number of benzene rings is 19. The zero-order valence-corrected chi connectivity index (χ0v) is 65.9. The van der Waals surface area contributed by atoms with Gasteiger partial charge in [0.05, 0.1) is 45.2 Å². The summed E-state index contributed by atoms with van der Waals surface area (Å²) >= 11 is 0. The first-order valence-corrected chi connectivity index (χ1v) is 41.2. The molecule has 0 radical (unpaired) electrons. The molecule has 4 heterocycles. The lowest BCUT2D eigenvalue weighted by atomic mass is 9.89. The largest absolute Gasteiger partial charge is 0.292 e. The van der Waals surface area contributed by atoms with Crippen LogP contribution in [0.4, 0.5) is 0 Å². The van der Waals surface area contributed by atoms with Crippen molar-refractivity contribution >= 4 is 86.4 Å². The molecule has 19 aromatic carbocycles. The van der Waals surface area contributed by atoms with Crippen molar-refractivity contribution in [2.45, 2.75) is 0 Å². The molecule has 0 amide bonds. The molecule has 4 aromatic heterocycles. The Balaban J connectivity index is 0.000000145. The summed E-state index contributed by atoms with van der Waals surface area (Å²) in [5.74, 6) is 1.60. The van der Waals surface area contributed by atoms with Crippen molar-refractivity contribution in [1.29, 1.82) is 0 Å². The van der Waals surface area contributed by atoms with E-state index in [9.17, 15) is 0 Å². The molecule has 0 saturated heterocycles. The van der Waals surface area contributed by atoms with Gasteiger partial charge in [-0.05, 0) is 141 Å². The molecule has 0 bridgehead atoms. The SMILES string of the molecule is c1ccc(-c2cc(-c3ccc(-c4cc5c(-c6cccc7ccccc67)cc(-c6cccc7ccccc67)nc5c5ccccc45)cc3)nc(-c3ccccc3)n2)cc1.c1ccc(-c2nc(-c3ccccc3)n(-c3ccc(-c4cc5c(-c6cccc7ccccc67)cc(-c6cccc7ccccc67)nc5c5ccccc45)cc3)c2-c2ccccc2)cc1. The van der Waals surface area contributed by atoms with Gasteiger partial charge in [-0.15, -0.1) is 0 Å². The highest BCUT2D eigenvalue weighted by molar-refractivity contribution is 6.20. The fraction of sp³-hybridized carbons (Fsp3) is 0. The van der Waals surface area contributed by atoms with Gasteiger partial charge in [0.15, 0.2) is 5.82 Å². The summed E-state index contributed by atoms with van der Waals surface area (Å²) in [6.07, 6.45) is 0. The summed E-state index contributed by atoms with van der Waals surface area (Å²) in [5.41, 5.74) is 26.6. The molecule has 564 valence electrons. The molecule has 0 aliphatic carbocycles. The quantitative estimate of drug-likeness (QED) is 0.108. The highest BCUT2D eigenvalue weighted by Crippen LogP contribution is 2.48. The lowest BCUT2D eigenvalue weighted by Crippen LogP contribution is -2.00. The smallest absolute Gasteiger partial charge is 0.160 e. The van der Waals surface area contributed by atoms with Crippen LogP contribution in [0.25, 0.3) is 227 Å². The first kappa shape index (κ1) is 71.4. The molecule has 121 heavy (non-hydrogen) atoms. The molecule has 0 unspecified atom stereocenters. The molecule has 0 N–H and O–H groups in total. The Morgan fingerprint density at radius 1 is 0.165 bits per heavy atom. The van der Waals surface area contributed by atoms with E-state index in [1.54, 1.807) is 0 Å². The van der Waals surface area contributed by atoms with E-state index in [4.69, 9.17) is 24.9 Å². The summed E-state index contributed by atoms with van der Waals surface area (Å²) < 4.78 is 2.33. The third-order valence-corrected chi connectivity index (χ3v) is 23.7. The second-order valence-electron chi connectivity index (χ2n) is 30.8. The molecule has 0 spiro atoms. The Labute approximate surface area is 700 Å². The number of aromatic nitrogens is 6. The van der Waals surface area contributed by atoms with Gasteiger partial charge in [0.1, 0.15) is 5.82 Å². The predicted octanol–water partition coefficient (Wildman–Crippen LogP) is 30.4. The lowest BCUT2D eigenvalue weighted by Gasteiger charge is -2.18. The van der Waals surface area contributed by atoms with Crippen molar-refractivity contribution in [1.82, 2.24) is 29.5 Å². The van der Waals surface area contributed by atoms with Crippen molar-refractivity contribution in [2.75, 3.05) is 0 Å². The maximum Gasteiger partial charge on any atom is 0.160 e. The van der Waals surface area contributed by atoms with E-state index >= 15 is 0 Å². The number of hydrogen-bond donors (Lipinski definition) is 0. The highest BCUT2D eigenvalue weighted by Gasteiger charge is 2.26. The normalized spacial score (nSPS) is 11.5. The Kier molecular flexibility index (Phi) is 18.2. The predicted molar refractivity (Wildman–Crippen MR) is 506 cm³/mol. The second-order valence-corrected chi connectivity index (χ2v) is 30.8. The van der Waals surface area contributed by atoms with Crippen LogP contribution in [0.15, 0.2) is 449 Å². The fourth-order valence-electron chi connectivity index (χ4n) is 17.9. The van der Waals surface area contributed by atoms with Crippen LogP contribution in [0.5, 0.6) is 0 Å². The van der Waals surface area contributed by atoms with Crippen LogP contribution in [0.1, 0.15) is 0 Å². The van der Waals surface area contributed by atoms with Crippen LogP contribution in [0.3, 0.4) is 0 Å². The van der Waals surface area contributed by atoms with Crippen LogP contribution < -0.4 is 0 Å². The molecular formula is C115H74N6. The fourth-order valence-corrected chi connectivity index (χ4v) is 17.9. The van der Waals surface area contributed by atoms with Gasteiger partial charge in [-0.2, -0.15) is 0 Å². The van der Waals surface area contributed by atoms with Gasteiger partial charge in [0.2, 0.25) is 0 Å². The van der Waals surface area contributed by atoms with Gasteiger partial charge in [0.25, 0.3) is 0 Å². The first-order chi connectivity index (χ1) is 60.0. The van der Waals surface area contributed by atoms with Gasteiger partial charge in [-0.1, -0.05) is 406 Å². The van der Waals surface area contributed by atoms with Crippen molar-refractivity contribution in [3.63, 3.8) is 0 Å². The number of imidazole rings is 1. The highest BCUT2D eigenvalue weighted by atomic mass is 15.1. The maximum atomic E-state index is 5.57. The van der Waals surface area contributed by atoms with Gasteiger partial charge in [-0.3, -0.25) is 4.57 Å². The van der Waals surface area contributed by atoms with Crippen LogP contribution in [-0.2, 0) is 0 Å². The van der Waals surface area contributed by atoms with Crippen LogP contribution in [0, 0.1) is 0 Å². The molecule has 6 nitrogen and oxygen atoms in total. The van der Waals surface area contributed by atoms with Crippen molar-refractivity contribution < 1.29 is 0 Å². The van der Waals surface area contributed by atoms with E-state index in [1.807, 2.05) is 36.4 Å². The Morgan fingerprint density at radius 2 is 0.488 bits per heavy atom. The summed E-state index contributed by atoms with van der Waals surface area (Å²) in [6.45, 7) is 0. The minimum Gasteiger partial charge on any atom is -0.292 e. The number of pyridine rings is 2. The van der Waals surface area contributed by atoms with Crippen LogP contribution in [-0.4, -0.2) is 29.5 Å². The summed E-state index contributed by atoms with van der Waals surface area (Å²) in [4.78, 5) is 26.6. The van der Waals surface area contributed by atoms with Crippen molar-refractivity contribution in [2.24, 2.45) is 0 Å². The average molecular weight is 1540 g/mol. The molecule has 0 saturated carbocycles. The average Bonchev–Trinajstić information content (AvgIpc) is 1.60. The van der Waals surface area contributed by atoms with Crippen LogP contribution in [0.2, 0.25) is 0 Å². The molecule has 0 aliphatic rings. The minimum absolute atomic E-state index is 0.706. The van der Waals surface area contributed by atoms with E-state index in [2.05, 4.69) is 417 Å². The molecule has 23 aromatic rings. The van der Waals surface area contributed by atoms with Crippen molar-refractivity contribution in [3.8, 4) is 141 Å². The zero-order chi connectivity index (χ0) is 80.1. The third-order valence-electron chi connectivity index (χ3n) is 23.7. The Morgan fingerprint density at radius 3 is 0.926 bits per heavy atom. The minimum atomic E-state index is 0.706. The molecule has 0 atom stereocenters. The molecule has 0 aliphatic heterocycles. The summed E-state index contributed by atoms with van der Waals surface area (Å²) in [6, 6.07) is 160. The number of nitrogens with zero attached hydrogens (tertiary/aromatic N) is 6. The van der Waals surface area contributed by atoms with E-state index < -0.39 is 0 Å². The zero-order valence-electron chi connectivity index (χ0n) is 65.9. The van der Waals surface area contributed by atoms with E-state index in [0.29, 0.717) is 5.82 Å². The maximum absolute atomic E-state index is 5.57. The second kappa shape index (κ2) is 30.8. The first-order valence-electron chi connectivity index (χ1n) is 41.2. The molecule has 6 heteroatoms. The molecule has 23 rings (SSSR count). The van der Waals surface area contributed by atoms with Gasteiger partial charge in [0, 0.05) is 71.7 Å². The van der Waals surface area contributed by atoms with Gasteiger partial charge < -0.3 is 0 Å². The topological polar surface area (TPSA) is 69.4 Å². The van der Waals surface area contributed by atoms with E-state index in [0.717, 1.165) is 167 Å². The summed E-state index contributed by atoms with van der Waals surface area (Å²) in [5, 5.41) is 16.4. The summed E-state index contributed by atoms with van der Waals surface area (Å²) in [7, 11) is 0. The number of fused-ring (bicyclic) bond motifs is 10. The molecular weight excluding hydrogens is 1470 g/mol. The van der Waals surface area contributed by atoms with Crippen LogP contribution >= 0.6 is 0 Å². The number of hydrogen-bond acceptors (Lipinski definition) is 5. The lowest BCUT2D eigenvalue weighted by molar-refractivity contribution is 1.07. The standard InChI is InChI=1S/C60H39N3.C55H35N3/c1-4-20-43(21-5-1)57-59(44-22-6-2-7-23-44)63(60(62-57)45-24-8-3-9-25-45)46-36-34-42(35-37-46)53-38-55-54(49-32-16-26-40-18-10-12-28-47(40)49)39-56(61-58(55)52-31-15-14-30-50(52)53)51-33-17-27-41-19-11-13-29-48(41)51;1-3-17-39(18-4-1)51-35-52(58-55(57-51)41-19-5-2-6-20-41)40-31-29-38(30-32-40)48-33-50-49(44-27-13-21-36-15-7-9-23-42(36)44)34-53(56-54(50)47-26-12-11-25-45(47)48)46-28-14-22-37-16-8-10-24-43(37)46/h1-39H;1-35H. The number of rotatable bonds is 13. The van der Waals surface area contributed by atoms with Crippen molar-refractivity contribution in [3.05, 3.63) is 449 Å².